The molecule has 1 aromatic carbocycles. The van der Waals surface area contributed by atoms with Gasteiger partial charge < -0.3 is 4.90 Å². The highest BCUT2D eigenvalue weighted by Gasteiger charge is 2.25. The van der Waals surface area contributed by atoms with Crippen LogP contribution >= 0.6 is 11.3 Å². The van der Waals surface area contributed by atoms with E-state index in [0.717, 1.165) is 40.3 Å². The van der Waals surface area contributed by atoms with E-state index >= 15 is 0 Å². The van der Waals surface area contributed by atoms with Crippen molar-refractivity contribution in [2.75, 3.05) is 13.1 Å². The molecule has 1 saturated heterocycles. The Bertz CT molecular complexity index is 921. The SMILES string of the molecule is C[C@@H]1C[C@@H](C)C[NH+](Cc2cc(=O)n3c(-c4ccccc4)csc3n2)C1. The summed E-state index contributed by atoms with van der Waals surface area (Å²) in [7, 11) is 0. The largest absolute Gasteiger partial charge is 0.329 e. The molecule has 130 valence electrons. The highest BCUT2D eigenvalue weighted by atomic mass is 32.1. The van der Waals surface area contributed by atoms with Crippen LogP contribution in [-0.2, 0) is 6.54 Å². The van der Waals surface area contributed by atoms with Gasteiger partial charge in [0.2, 0.25) is 0 Å². The Hall–Kier alpha value is -1.98. The fraction of sp³-hybridized carbons (Fsp3) is 0.400. The van der Waals surface area contributed by atoms with Crippen molar-refractivity contribution < 1.29 is 4.90 Å². The van der Waals surface area contributed by atoms with Gasteiger partial charge >= 0.3 is 0 Å². The van der Waals surface area contributed by atoms with Crippen molar-refractivity contribution in [2.45, 2.75) is 26.8 Å². The second kappa shape index (κ2) is 6.73. The Balaban J connectivity index is 1.66. The molecule has 4 nitrogen and oxygen atoms in total. The summed E-state index contributed by atoms with van der Waals surface area (Å²) in [6.07, 6.45) is 1.31. The first-order valence-corrected chi connectivity index (χ1v) is 9.87. The first-order valence-electron chi connectivity index (χ1n) is 8.99. The minimum atomic E-state index is 0.0256. The van der Waals surface area contributed by atoms with Gasteiger partial charge in [-0.05, 0) is 12.0 Å². The Morgan fingerprint density at radius 1 is 1.20 bits per heavy atom. The van der Waals surface area contributed by atoms with Gasteiger partial charge in [0.1, 0.15) is 12.2 Å². The zero-order chi connectivity index (χ0) is 17.4. The van der Waals surface area contributed by atoms with E-state index in [4.69, 9.17) is 4.98 Å². The number of quaternary nitrogens is 1. The molecule has 1 N–H and O–H groups in total. The number of hydrogen-bond acceptors (Lipinski definition) is 3. The number of fused-ring (bicyclic) bond motifs is 1. The quantitative estimate of drug-likeness (QED) is 0.785. The first kappa shape index (κ1) is 16.5. The standard InChI is InChI=1S/C20H23N3OS/c1-14-8-15(2)11-22(10-14)12-17-9-19(24)23-18(13-25-20(23)21-17)16-6-4-3-5-7-16/h3-7,9,13-15H,8,10-12H2,1-2H3/p+1/t14-,15-/m1/s1. The number of nitrogens with one attached hydrogen (secondary N) is 1. The molecule has 1 aliphatic rings. The molecule has 5 heteroatoms. The molecule has 1 fully saturated rings. The van der Waals surface area contributed by atoms with Crippen LogP contribution in [-0.4, -0.2) is 22.5 Å². The molecule has 2 aromatic heterocycles. The maximum Gasteiger partial charge on any atom is 0.259 e. The predicted octanol–water partition coefficient (Wildman–Crippen LogP) is 2.48. The van der Waals surface area contributed by atoms with Gasteiger partial charge in [0.25, 0.3) is 5.56 Å². The van der Waals surface area contributed by atoms with Crippen molar-refractivity contribution in [1.29, 1.82) is 0 Å². The fourth-order valence-corrected chi connectivity index (χ4v) is 5.11. The van der Waals surface area contributed by atoms with Crippen molar-refractivity contribution in [1.82, 2.24) is 9.38 Å². The third-order valence-corrected chi connectivity index (χ3v) is 5.86. The molecule has 3 heterocycles. The Kier molecular flexibility index (Phi) is 4.44. The average molecular weight is 354 g/mol. The molecule has 4 rings (SSSR count). The molecule has 25 heavy (non-hydrogen) atoms. The van der Waals surface area contributed by atoms with Crippen molar-refractivity contribution in [2.24, 2.45) is 11.8 Å². The molecular weight excluding hydrogens is 330 g/mol. The molecule has 0 amide bonds. The van der Waals surface area contributed by atoms with Gasteiger partial charge in [0.15, 0.2) is 4.96 Å². The van der Waals surface area contributed by atoms with Crippen LogP contribution in [0.15, 0.2) is 46.6 Å². The summed E-state index contributed by atoms with van der Waals surface area (Å²) in [5.41, 5.74) is 2.92. The number of benzene rings is 1. The number of likely N-dealkylation sites (tertiary alicyclic amines) is 1. The molecule has 0 unspecified atom stereocenters. The van der Waals surface area contributed by atoms with Gasteiger partial charge in [-0.25, -0.2) is 4.98 Å². The lowest BCUT2D eigenvalue weighted by molar-refractivity contribution is -0.926. The Morgan fingerprint density at radius 3 is 2.64 bits per heavy atom. The minimum Gasteiger partial charge on any atom is -0.329 e. The molecular formula is C20H24N3OS+. The van der Waals surface area contributed by atoms with E-state index in [2.05, 4.69) is 13.8 Å². The van der Waals surface area contributed by atoms with E-state index in [0.29, 0.717) is 0 Å². The number of piperidine rings is 1. The summed E-state index contributed by atoms with van der Waals surface area (Å²) in [5, 5.41) is 2.03. The van der Waals surface area contributed by atoms with E-state index in [9.17, 15) is 4.79 Å². The Labute approximate surface area is 151 Å². The molecule has 0 saturated carbocycles. The number of nitrogens with zero attached hydrogens (tertiary/aromatic N) is 2. The smallest absolute Gasteiger partial charge is 0.259 e. The molecule has 0 aliphatic carbocycles. The third-order valence-electron chi connectivity index (χ3n) is 5.04. The summed E-state index contributed by atoms with van der Waals surface area (Å²) in [5.74, 6) is 1.49. The Morgan fingerprint density at radius 2 is 1.92 bits per heavy atom. The molecule has 2 atom stereocenters. The van der Waals surface area contributed by atoms with Crippen molar-refractivity contribution in [3.63, 3.8) is 0 Å². The number of aromatic nitrogens is 2. The molecule has 3 aromatic rings. The lowest BCUT2D eigenvalue weighted by atomic mass is 9.92. The summed E-state index contributed by atoms with van der Waals surface area (Å²) < 4.78 is 1.74. The van der Waals surface area contributed by atoms with Crippen molar-refractivity contribution in [3.8, 4) is 11.3 Å². The number of hydrogen-bond donors (Lipinski definition) is 1. The maximum atomic E-state index is 12.7. The van der Waals surface area contributed by atoms with E-state index in [-0.39, 0.29) is 5.56 Å². The summed E-state index contributed by atoms with van der Waals surface area (Å²) >= 11 is 1.54. The third kappa shape index (κ3) is 3.39. The monoisotopic (exact) mass is 354 g/mol. The van der Waals surface area contributed by atoms with Crippen LogP contribution in [0.4, 0.5) is 0 Å². The topological polar surface area (TPSA) is 38.8 Å². The van der Waals surface area contributed by atoms with Crippen molar-refractivity contribution in [3.05, 3.63) is 57.8 Å². The van der Waals surface area contributed by atoms with E-state index < -0.39 is 0 Å². The van der Waals surface area contributed by atoms with Gasteiger partial charge in [-0.15, -0.1) is 11.3 Å². The van der Waals surface area contributed by atoms with E-state index in [1.807, 2.05) is 35.7 Å². The summed E-state index contributed by atoms with van der Waals surface area (Å²) in [6.45, 7) is 7.84. The van der Waals surface area contributed by atoms with Gasteiger partial charge in [0.05, 0.1) is 18.8 Å². The lowest BCUT2D eigenvalue weighted by Crippen LogP contribution is -3.13. The van der Waals surface area contributed by atoms with Crippen LogP contribution in [0.2, 0.25) is 0 Å². The zero-order valence-corrected chi connectivity index (χ0v) is 15.6. The van der Waals surface area contributed by atoms with Crippen LogP contribution in [0.3, 0.4) is 0 Å². The average Bonchev–Trinajstić information content (AvgIpc) is 2.99. The number of rotatable bonds is 3. The first-order chi connectivity index (χ1) is 12.1. The summed E-state index contributed by atoms with van der Waals surface area (Å²) in [4.78, 5) is 19.9. The van der Waals surface area contributed by atoms with E-state index in [1.54, 1.807) is 26.7 Å². The van der Waals surface area contributed by atoms with Crippen molar-refractivity contribution >= 4 is 16.3 Å². The molecule has 0 bridgehead atoms. The van der Waals surface area contributed by atoms with Crippen LogP contribution in [0.5, 0.6) is 0 Å². The van der Waals surface area contributed by atoms with E-state index in [1.165, 1.54) is 19.5 Å². The van der Waals surface area contributed by atoms with Gasteiger partial charge in [0, 0.05) is 23.3 Å². The summed E-state index contributed by atoms with van der Waals surface area (Å²) in [6, 6.07) is 11.8. The van der Waals surface area contributed by atoms with Crippen LogP contribution < -0.4 is 10.5 Å². The maximum absolute atomic E-state index is 12.7. The molecule has 1 aliphatic heterocycles. The highest BCUT2D eigenvalue weighted by molar-refractivity contribution is 7.15. The second-order valence-corrected chi connectivity index (χ2v) is 8.31. The predicted molar refractivity (Wildman–Crippen MR) is 102 cm³/mol. The molecule has 0 spiro atoms. The minimum absolute atomic E-state index is 0.0256. The number of thiazole rings is 1. The second-order valence-electron chi connectivity index (χ2n) is 7.47. The molecule has 0 radical (unpaired) electrons. The van der Waals surface area contributed by atoms with Gasteiger partial charge in [-0.1, -0.05) is 44.2 Å². The normalized spacial score (nSPS) is 23.8. The fourth-order valence-electron chi connectivity index (χ4n) is 4.19. The van der Waals surface area contributed by atoms with Gasteiger partial charge in [-0.3, -0.25) is 9.20 Å². The zero-order valence-electron chi connectivity index (χ0n) is 14.7. The lowest BCUT2D eigenvalue weighted by Gasteiger charge is -2.31. The van der Waals surface area contributed by atoms with Crippen LogP contribution in [0, 0.1) is 11.8 Å². The van der Waals surface area contributed by atoms with Crippen LogP contribution in [0.25, 0.3) is 16.2 Å². The highest BCUT2D eigenvalue weighted by Crippen LogP contribution is 2.23. The van der Waals surface area contributed by atoms with Crippen LogP contribution in [0.1, 0.15) is 26.0 Å². The van der Waals surface area contributed by atoms with Gasteiger partial charge in [-0.2, -0.15) is 0 Å².